The molecular weight excluding hydrogens is 388 g/mol. The molecule has 1 amide bonds. The summed E-state index contributed by atoms with van der Waals surface area (Å²) in [5.41, 5.74) is 7.70. The number of rotatable bonds is 7. The van der Waals surface area contributed by atoms with Gasteiger partial charge in [0.15, 0.2) is 0 Å². The third-order valence-corrected chi connectivity index (χ3v) is 5.88. The van der Waals surface area contributed by atoms with E-state index in [1.165, 1.54) is 0 Å². The lowest BCUT2D eigenvalue weighted by atomic mass is 9.91. The Bertz CT molecular complexity index is 863. The van der Waals surface area contributed by atoms with Crippen LogP contribution in [0.3, 0.4) is 0 Å². The summed E-state index contributed by atoms with van der Waals surface area (Å²) in [6, 6.07) is 5.24. The first-order chi connectivity index (χ1) is 13.8. The number of pyridine rings is 1. The van der Waals surface area contributed by atoms with E-state index >= 15 is 0 Å². The molecule has 2 heterocycles. The Morgan fingerprint density at radius 2 is 2.14 bits per heavy atom. The van der Waals surface area contributed by atoms with E-state index in [0.717, 1.165) is 39.1 Å². The molecular formula is C22H31ClN4O2. The van der Waals surface area contributed by atoms with Gasteiger partial charge in [-0.25, -0.2) is 0 Å². The average molecular weight is 419 g/mol. The second-order valence-electron chi connectivity index (χ2n) is 8.75. The van der Waals surface area contributed by atoms with Gasteiger partial charge < -0.3 is 20.7 Å². The van der Waals surface area contributed by atoms with Crippen LogP contribution in [0.1, 0.15) is 37.0 Å². The number of benzene rings is 1. The summed E-state index contributed by atoms with van der Waals surface area (Å²) in [4.78, 5) is 19.7. The topological polar surface area (TPSA) is 80.5 Å². The van der Waals surface area contributed by atoms with E-state index in [4.69, 9.17) is 22.1 Å². The Morgan fingerprint density at radius 3 is 2.83 bits per heavy atom. The molecule has 3 rings (SSSR count). The molecule has 0 saturated carbocycles. The number of likely N-dealkylation sites (tertiary alicyclic amines) is 1. The van der Waals surface area contributed by atoms with E-state index < -0.39 is 0 Å². The van der Waals surface area contributed by atoms with E-state index in [9.17, 15) is 4.79 Å². The molecule has 0 spiro atoms. The molecule has 1 saturated heterocycles. The van der Waals surface area contributed by atoms with Crippen molar-refractivity contribution < 1.29 is 9.53 Å². The lowest BCUT2D eigenvalue weighted by Crippen LogP contribution is -2.43. The summed E-state index contributed by atoms with van der Waals surface area (Å²) in [6.45, 7) is 9.01. The minimum atomic E-state index is -0.153. The van der Waals surface area contributed by atoms with Crippen molar-refractivity contribution in [2.45, 2.75) is 26.7 Å². The number of carbonyl (C=O) groups excluding carboxylic acids is 1. The molecule has 1 aliphatic rings. The first-order valence-electron chi connectivity index (χ1n) is 10.1. The smallest absolute Gasteiger partial charge is 0.253 e. The number of nitrogens with zero attached hydrogens (tertiary/aromatic N) is 2. The summed E-state index contributed by atoms with van der Waals surface area (Å²) in [6.07, 6.45) is 3.81. The zero-order valence-electron chi connectivity index (χ0n) is 17.5. The van der Waals surface area contributed by atoms with Crippen LogP contribution in [0, 0.1) is 11.3 Å². The predicted octanol–water partition coefficient (Wildman–Crippen LogP) is 3.58. The Labute approximate surface area is 177 Å². The van der Waals surface area contributed by atoms with Crippen molar-refractivity contribution in [1.29, 1.82) is 0 Å². The van der Waals surface area contributed by atoms with Crippen LogP contribution in [-0.2, 0) is 4.74 Å². The summed E-state index contributed by atoms with van der Waals surface area (Å²) < 4.78 is 5.33. The molecule has 0 radical (unpaired) electrons. The largest absolute Gasteiger partial charge is 0.397 e. The van der Waals surface area contributed by atoms with E-state index in [2.05, 4.69) is 29.0 Å². The molecule has 0 bridgehead atoms. The first kappa shape index (κ1) is 21.8. The molecule has 7 heteroatoms. The van der Waals surface area contributed by atoms with Gasteiger partial charge in [0.25, 0.3) is 5.91 Å². The molecule has 1 aromatic heterocycles. The van der Waals surface area contributed by atoms with E-state index in [-0.39, 0.29) is 11.3 Å². The van der Waals surface area contributed by atoms with Gasteiger partial charge in [-0.05, 0) is 50.0 Å². The number of amides is 1. The van der Waals surface area contributed by atoms with E-state index in [1.807, 2.05) is 6.07 Å². The molecule has 158 valence electrons. The van der Waals surface area contributed by atoms with Crippen molar-refractivity contribution in [3.05, 3.63) is 35.0 Å². The van der Waals surface area contributed by atoms with Crippen LogP contribution in [-0.4, -0.2) is 55.7 Å². The van der Waals surface area contributed by atoms with Crippen LogP contribution in [0.2, 0.25) is 5.02 Å². The number of fused-ring (bicyclic) bond motifs is 1. The number of nitrogen functional groups attached to an aromatic ring is 1. The quantitative estimate of drug-likeness (QED) is 0.671. The predicted molar refractivity (Wildman–Crippen MR) is 118 cm³/mol. The van der Waals surface area contributed by atoms with Gasteiger partial charge in [0.05, 0.1) is 28.4 Å². The molecule has 0 aliphatic carbocycles. The number of ether oxygens (including phenoxy) is 1. The van der Waals surface area contributed by atoms with E-state index in [0.29, 0.717) is 39.6 Å². The number of halogens is 1. The minimum absolute atomic E-state index is 0.151. The zero-order valence-corrected chi connectivity index (χ0v) is 18.3. The lowest BCUT2D eigenvalue weighted by Gasteiger charge is -2.37. The molecule has 0 unspecified atom stereocenters. The average Bonchev–Trinajstić information content (AvgIpc) is 2.69. The molecule has 3 N–H and O–H groups in total. The van der Waals surface area contributed by atoms with Crippen LogP contribution in [0.5, 0.6) is 0 Å². The number of hydrogen-bond acceptors (Lipinski definition) is 5. The van der Waals surface area contributed by atoms with Crippen LogP contribution in [0.4, 0.5) is 5.69 Å². The van der Waals surface area contributed by atoms with Crippen LogP contribution in [0.25, 0.3) is 10.9 Å². The summed E-state index contributed by atoms with van der Waals surface area (Å²) >= 11 is 6.23. The number of methoxy groups -OCH3 is 1. The van der Waals surface area contributed by atoms with Gasteiger partial charge in [-0.15, -0.1) is 0 Å². The second kappa shape index (κ2) is 9.28. The SMILES string of the molecule is COCC(C)(C)CN1CCC(CNC(=O)c2cc(Cl)c(N)c3cccnc23)CC1. The number of aromatic nitrogens is 1. The number of hydrogen-bond donors (Lipinski definition) is 2. The molecule has 0 atom stereocenters. The maximum atomic E-state index is 12.8. The lowest BCUT2D eigenvalue weighted by molar-refractivity contribution is 0.0564. The van der Waals surface area contributed by atoms with Gasteiger partial charge in [0.2, 0.25) is 0 Å². The van der Waals surface area contributed by atoms with Gasteiger partial charge >= 0.3 is 0 Å². The van der Waals surface area contributed by atoms with Gasteiger partial charge in [-0.2, -0.15) is 0 Å². The number of nitrogens with two attached hydrogens (primary N) is 1. The maximum Gasteiger partial charge on any atom is 0.253 e. The first-order valence-corrected chi connectivity index (χ1v) is 10.5. The highest BCUT2D eigenvalue weighted by molar-refractivity contribution is 6.35. The van der Waals surface area contributed by atoms with Crippen molar-refractivity contribution in [3.8, 4) is 0 Å². The second-order valence-corrected chi connectivity index (χ2v) is 9.15. The van der Waals surface area contributed by atoms with Gasteiger partial charge in [-0.3, -0.25) is 9.78 Å². The summed E-state index contributed by atoms with van der Waals surface area (Å²) in [5, 5.41) is 4.16. The third-order valence-electron chi connectivity index (χ3n) is 5.57. The number of anilines is 1. The number of carbonyl (C=O) groups is 1. The fraction of sp³-hybridized carbons (Fsp3) is 0.545. The Kier molecular flexibility index (Phi) is 6.98. The van der Waals surface area contributed by atoms with E-state index in [1.54, 1.807) is 25.4 Å². The maximum absolute atomic E-state index is 12.8. The minimum Gasteiger partial charge on any atom is -0.397 e. The van der Waals surface area contributed by atoms with Crippen LogP contribution < -0.4 is 11.1 Å². The van der Waals surface area contributed by atoms with Gasteiger partial charge in [0, 0.05) is 37.2 Å². The molecule has 29 heavy (non-hydrogen) atoms. The van der Waals surface area contributed by atoms with Crippen molar-refractivity contribution in [2.75, 3.05) is 45.6 Å². The fourth-order valence-corrected chi connectivity index (χ4v) is 4.35. The molecule has 1 aromatic carbocycles. The number of nitrogens with one attached hydrogen (secondary N) is 1. The van der Waals surface area contributed by atoms with Crippen LogP contribution in [0.15, 0.2) is 24.4 Å². The summed E-state index contributed by atoms with van der Waals surface area (Å²) in [7, 11) is 1.75. The summed E-state index contributed by atoms with van der Waals surface area (Å²) in [5.74, 6) is 0.323. The highest BCUT2D eigenvalue weighted by Gasteiger charge is 2.26. The van der Waals surface area contributed by atoms with Gasteiger partial charge in [0.1, 0.15) is 0 Å². The highest BCUT2D eigenvalue weighted by atomic mass is 35.5. The van der Waals surface area contributed by atoms with Crippen molar-refractivity contribution >= 4 is 34.1 Å². The Hall–Kier alpha value is -1.89. The Morgan fingerprint density at radius 1 is 1.41 bits per heavy atom. The standard InChI is InChI=1S/C22H31ClN4O2/c1-22(2,14-29-3)13-27-9-6-15(7-10-27)12-26-21(28)17-11-18(23)19(24)16-5-4-8-25-20(16)17/h4-5,8,11,15H,6-7,9-10,12-14,24H2,1-3H3,(H,26,28). The van der Waals surface area contributed by atoms with Gasteiger partial charge in [-0.1, -0.05) is 25.4 Å². The number of piperidine rings is 1. The van der Waals surface area contributed by atoms with Crippen LogP contribution >= 0.6 is 11.6 Å². The molecule has 1 aliphatic heterocycles. The van der Waals surface area contributed by atoms with Crippen molar-refractivity contribution in [3.63, 3.8) is 0 Å². The normalized spacial score (nSPS) is 16.3. The van der Waals surface area contributed by atoms with Crippen molar-refractivity contribution in [1.82, 2.24) is 15.2 Å². The zero-order chi connectivity index (χ0) is 21.0. The molecule has 1 fully saturated rings. The molecule has 6 nitrogen and oxygen atoms in total. The Balaban J connectivity index is 1.56. The third kappa shape index (κ3) is 5.38. The monoisotopic (exact) mass is 418 g/mol. The molecule has 2 aromatic rings. The highest BCUT2D eigenvalue weighted by Crippen LogP contribution is 2.30. The van der Waals surface area contributed by atoms with Crippen molar-refractivity contribution in [2.24, 2.45) is 11.3 Å². The fourth-order valence-electron chi connectivity index (χ4n) is 4.13.